The first-order valence-corrected chi connectivity index (χ1v) is 7.18. The number of halogens is 1. The first kappa shape index (κ1) is 12.9. The fourth-order valence-electron chi connectivity index (χ4n) is 2.05. The topological polar surface area (TPSA) is 40.7 Å². The van der Waals surface area contributed by atoms with Crippen LogP contribution in [-0.2, 0) is 6.54 Å². The van der Waals surface area contributed by atoms with E-state index in [9.17, 15) is 4.39 Å². The van der Waals surface area contributed by atoms with Crippen molar-refractivity contribution in [2.45, 2.75) is 13.5 Å². The van der Waals surface area contributed by atoms with E-state index in [-0.39, 0.29) is 5.82 Å². The van der Waals surface area contributed by atoms with Gasteiger partial charge in [-0.05, 0) is 36.1 Å². The van der Waals surface area contributed by atoms with Gasteiger partial charge in [-0.2, -0.15) is 5.10 Å². The van der Waals surface area contributed by atoms with Crippen LogP contribution in [0.25, 0.3) is 10.6 Å². The smallest absolute Gasteiger partial charge is 0.125 e. The Kier molecular flexibility index (Phi) is 3.52. The van der Waals surface area contributed by atoms with Crippen molar-refractivity contribution in [1.29, 1.82) is 0 Å². The summed E-state index contributed by atoms with van der Waals surface area (Å²) >= 11 is 1.66. The number of anilines is 1. The molecule has 20 heavy (non-hydrogen) atoms. The molecule has 2 N–H and O–H groups in total. The van der Waals surface area contributed by atoms with Crippen LogP contribution in [0.4, 0.5) is 10.1 Å². The number of hydrogen-bond donors (Lipinski definition) is 2. The number of aromatic amines is 1. The lowest BCUT2D eigenvalue weighted by Gasteiger charge is -2.09. The molecule has 102 valence electrons. The van der Waals surface area contributed by atoms with Gasteiger partial charge in [-0.1, -0.05) is 12.1 Å². The van der Waals surface area contributed by atoms with Crippen LogP contribution in [0.5, 0.6) is 0 Å². The van der Waals surface area contributed by atoms with E-state index in [0.29, 0.717) is 6.54 Å². The lowest BCUT2D eigenvalue weighted by Crippen LogP contribution is -2.01. The van der Waals surface area contributed by atoms with Crippen LogP contribution in [0.15, 0.2) is 41.9 Å². The van der Waals surface area contributed by atoms with E-state index in [4.69, 9.17) is 0 Å². The number of nitrogens with one attached hydrogen (secondary N) is 2. The van der Waals surface area contributed by atoms with Gasteiger partial charge >= 0.3 is 0 Å². The second kappa shape index (κ2) is 5.46. The van der Waals surface area contributed by atoms with Crippen LogP contribution < -0.4 is 5.32 Å². The molecular formula is C15H14FN3S. The molecule has 0 fully saturated rings. The van der Waals surface area contributed by atoms with Gasteiger partial charge in [-0.15, -0.1) is 11.3 Å². The van der Waals surface area contributed by atoms with E-state index in [1.807, 2.05) is 18.4 Å². The van der Waals surface area contributed by atoms with Gasteiger partial charge in [0.25, 0.3) is 0 Å². The Labute approximate surface area is 120 Å². The molecule has 0 amide bonds. The van der Waals surface area contributed by atoms with E-state index >= 15 is 0 Å². The molecule has 5 heteroatoms. The number of aryl methyl sites for hydroxylation is 1. The summed E-state index contributed by atoms with van der Waals surface area (Å²) in [6.07, 6.45) is 1.80. The van der Waals surface area contributed by atoms with Gasteiger partial charge in [0.1, 0.15) is 5.82 Å². The maximum atomic E-state index is 13.3. The molecule has 3 aromatic rings. The molecule has 0 aliphatic rings. The van der Waals surface area contributed by atoms with Crippen molar-refractivity contribution >= 4 is 17.0 Å². The fraction of sp³-hybridized carbons (Fsp3) is 0.133. The molecule has 1 aromatic carbocycles. The summed E-state index contributed by atoms with van der Waals surface area (Å²) in [6, 6.07) is 8.81. The van der Waals surface area contributed by atoms with Gasteiger partial charge in [-0.3, -0.25) is 5.10 Å². The third-order valence-electron chi connectivity index (χ3n) is 3.15. The molecule has 0 bridgehead atoms. The lowest BCUT2D eigenvalue weighted by atomic mass is 10.1. The Hall–Kier alpha value is -2.14. The van der Waals surface area contributed by atoms with Crippen LogP contribution in [0.1, 0.15) is 11.1 Å². The summed E-state index contributed by atoms with van der Waals surface area (Å²) in [5.41, 5.74) is 3.91. The van der Waals surface area contributed by atoms with Crippen molar-refractivity contribution in [2.75, 3.05) is 5.32 Å². The number of hydrogen-bond acceptors (Lipinski definition) is 3. The number of aromatic nitrogens is 2. The Morgan fingerprint density at radius 2 is 2.25 bits per heavy atom. The molecule has 2 aromatic heterocycles. The SMILES string of the molecule is Cc1ccc(F)cc1NCc1cn[nH]c1-c1cccs1. The minimum absolute atomic E-state index is 0.233. The molecule has 0 spiro atoms. The highest BCUT2D eigenvalue weighted by atomic mass is 32.1. The number of H-pyrrole nitrogens is 1. The van der Waals surface area contributed by atoms with E-state index in [0.717, 1.165) is 27.4 Å². The van der Waals surface area contributed by atoms with E-state index in [1.165, 1.54) is 12.1 Å². The zero-order chi connectivity index (χ0) is 13.9. The average Bonchev–Trinajstić information content (AvgIpc) is 3.09. The molecule has 3 rings (SSSR count). The van der Waals surface area contributed by atoms with Crippen LogP contribution in [-0.4, -0.2) is 10.2 Å². The Morgan fingerprint density at radius 1 is 1.35 bits per heavy atom. The maximum Gasteiger partial charge on any atom is 0.125 e. The summed E-state index contributed by atoms with van der Waals surface area (Å²) in [5, 5.41) is 12.4. The second-order valence-corrected chi connectivity index (χ2v) is 5.51. The molecule has 0 saturated heterocycles. The highest BCUT2D eigenvalue weighted by molar-refractivity contribution is 7.13. The highest BCUT2D eigenvalue weighted by Gasteiger charge is 2.09. The number of rotatable bonds is 4. The van der Waals surface area contributed by atoms with Gasteiger partial charge in [0.05, 0.1) is 16.8 Å². The summed E-state index contributed by atoms with van der Waals surface area (Å²) in [4.78, 5) is 1.15. The molecular weight excluding hydrogens is 273 g/mol. The standard InChI is InChI=1S/C15H14FN3S/c1-10-4-5-12(16)7-13(10)17-8-11-9-18-19-15(11)14-3-2-6-20-14/h2-7,9,17H,8H2,1H3,(H,18,19). The van der Waals surface area contributed by atoms with Gasteiger partial charge in [-0.25, -0.2) is 4.39 Å². The molecule has 2 heterocycles. The first-order valence-electron chi connectivity index (χ1n) is 6.30. The quantitative estimate of drug-likeness (QED) is 0.755. The van der Waals surface area contributed by atoms with Crippen molar-refractivity contribution in [3.05, 3.63) is 58.9 Å². The Bertz CT molecular complexity index is 704. The van der Waals surface area contributed by atoms with Crippen LogP contribution in [0, 0.1) is 12.7 Å². The van der Waals surface area contributed by atoms with Crippen molar-refractivity contribution < 1.29 is 4.39 Å². The Morgan fingerprint density at radius 3 is 3.05 bits per heavy atom. The number of nitrogens with zero attached hydrogens (tertiary/aromatic N) is 1. The maximum absolute atomic E-state index is 13.3. The zero-order valence-electron chi connectivity index (χ0n) is 11.0. The molecule has 0 aliphatic carbocycles. The largest absolute Gasteiger partial charge is 0.381 e. The first-order chi connectivity index (χ1) is 9.74. The molecule has 0 atom stereocenters. The van der Waals surface area contributed by atoms with Gasteiger partial charge in [0.2, 0.25) is 0 Å². The lowest BCUT2D eigenvalue weighted by molar-refractivity contribution is 0.628. The molecule has 3 nitrogen and oxygen atoms in total. The van der Waals surface area contributed by atoms with E-state index < -0.39 is 0 Å². The monoisotopic (exact) mass is 287 g/mol. The summed E-state index contributed by atoms with van der Waals surface area (Å²) in [7, 11) is 0. The van der Waals surface area contributed by atoms with E-state index in [2.05, 4.69) is 21.6 Å². The highest BCUT2D eigenvalue weighted by Crippen LogP contribution is 2.26. The number of benzene rings is 1. The fourth-order valence-corrected chi connectivity index (χ4v) is 2.81. The van der Waals surface area contributed by atoms with Crippen LogP contribution >= 0.6 is 11.3 Å². The van der Waals surface area contributed by atoms with Crippen LogP contribution in [0.3, 0.4) is 0 Å². The normalized spacial score (nSPS) is 10.7. The number of thiophene rings is 1. The van der Waals surface area contributed by atoms with Crippen molar-refractivity contribution in [3.8, 4) is 10.6 Å². The third-order valence-corrected chi connectivity index (χ3v) is 4.04. The third kappa shape index (κ3) is 2.58. The molecule has 0 radical (unpaired) electrons. The predicted molar refractivity (Wildman–Crippen MR) is 80.4 cm³/mol. The molecule has 0 unspecified atom stereocenters. The zero-order valence-corrected chi connectivity index (χ0v) is 11.8. The van der Waals surface area contributed by atoms with Gasteiger partial charge in [0, 0.05) is 17.8 Å². The van der Waals surface area contributed by atoms with Crippen LogP contribution in [0.2, 0.25) is 0 Å². The minimum atomic E-state index is -0.233. The molecule has 0 aliphatic heterocycles. The predicted octanol–water partition coefficient (Wildman–Crippen LogP) is 4.20. The summed E-state index contributed by atoms with van der Waals surface area (Å²) in [5.74, 6) is -0.233. The second-order valence-electron chi connectivity index (χ2n) is 4.56. The van der Waals surface area contributed by atoms with Crippen molar-refractivity contribution in [3.63, 3.8) is 0 Å². The van der Waals surface area contributed by atoms with Crippen molar-refractivity contribution in [1.82, 2.24) is 10.2 Å². The molecule has 0 saturated carbocycles. The van der Waals surface area contributed by atoms with Crippen molar-refractivity contribution in [2.24, 2.45) is 0 Å². The summed E-state index contributed by atoms with van der Waals surface area (Å²) < 4.78 is 13.3. The minimum Gasteiger partial charge on any atom is -0.381 e. The van der Waals surface area contributed by atoms with Gasteiger partial charge in [0.15, 0.2) is 0 Å². The average molecular weight is 287 g/mol. The Balaban J connectivity index is 1.79. The van der Waals surface area contributed by atoms with Gasteiger partial charge < -0.3 is 5.32 Å². The summed E-state index contributed by atoms with van der Waals surface area (Å²) in [6.45, 7) is 2.56. The van der Waals surface area contributed by atoms with E-state index in [1.54, 1.807) is 23.6 Å².